The minimum atomic E-state index is -0.100. The smallest absolute Gasteiger partial charge is 0.227 e. The predicted octanol–water partition coefficient (Wildman–Crippen LogP) is 4.80. The quantitative estimate of drug-likeness (QED) is 0.684. The van der Waals surface area contributed by atoms with Crippen LogP contribution in [0.25, 0.3) is 0 Å². The second kappa shape index (κ2) is 8.37. The number of carbonyl (C=O) groups excluding carboxylic acids is 1. The molecule has 1 saturated heterocycles. The summed E-state index contributed by atoms with van der Waals surface area (Å²) in [6.45, 7) is 8.67. The SMILES string of the molecule is CC1(C)CC(=O)N2CCc3cc(CCCN4CCC(C5=CNC6C=CC(F)=CC56)CC4)cc1c32. The van der Waals surface area contributed by atoms with E-state index in [1.807, 2.05) is 11.0 Å². The summed E-state index contributed by atoms with van der Waals surface area (Å²) in [6, 6.07) is 4.98. The number of hydrogen-bond acceptors (Lipinski definition) is 3. The molecule has 1 N–H and O–H groups in total. The highest BCUT2D eigenvalue weighted by Crippen LogP contribution is 2.46. The number of allylic oxidation sites excluding steroid dienone is 2. The zero-order valence-corrected chi connectivity index (χ0v) is 20.4. The summed E-state index contributed by atoms with van der Waals surface area (Å²) >= 11 is 0. The van der Waals surface area contributed by atoms with Crippen LogP contribution in [0.3, 0.4) is 0 Å². The van der Waals surface area contributed by atoms with E-state index in [0.29, 0.717) is 12.3 Å². The Labute approximate surface area is 202 Å². The third-order valence-corrected chi connectivity index (χ3v) is 8.76. The molecule has 0 radical (unpaired) electrons. The fourth-order valence-corrected chi connectivity index (χ4v) is 6.88. The molecular formula is C29H36FN3O. The number of carbonyl (C=O) groups is 1. The normalized spacial score (nSPS) is 27.9. The lowest BCUT2D eigenvalue weighted by Gasteiger charge is -2.37. The van der Waals surface area contributed by atoms with Crippen molar-refractivity contribution in [3.63, 3.8) is 0 Å². The number of benzene rings is 1. The van der Waals surface area contributed by atoms with Crippen molar-refractivity contribution in [2.75, 3.05) is 31.1 Å². The van der Waals surface area contributed by atoms with Crippen molar-refractivity contribution < 1.29 is 9.18 Å². The van der Waals surface area contributed by atoms with Crippen LogP contribution in [0.4, 0.5) is 10.1 Å². The van der Waals surface area contributed by atoms with Crippen molar-refractivity contribution in [3.8, 4) is 0 Å². The molecule has 4 aliphatic heterocycles. The second-order valence-corrected chi connectivity index (χ2v) is 11.5. The first-order valence-electron chi connectivity index (χ1n) is 13.1. The van der Waals surface area contributed by atoms with Gasteiger partial charge in [0, 0.05) is 24.3 Å². The van der Waals surface area contributed by atoms with Gasteiger partial charge in [-0.25, -0.2) is 4.39 Å². The van der Waals surface area contributed by atoms with Gasteiger partial charge in [0.1, 0.15) is 5.83 Å². The molecule has 0 saturated carbocycles. The first-order chi connectivity index (χ1) is 16.4. The largest absolute Gasteiger partial charge is 0.384 e. The number of nitrogens with zero attached hydrogens (tertiary/aromatic N) is 2. The highest BCUT2D eigenvalue weighted by atomic mass is 19.1. The molecule has 0 bridgehead atoms. The van der Waals surface area contributed by atoms with E-state index in [2.05, 4.69) is 42.4 Å². The van der Waals surface area contributed by atoms with E-state index in [1.165, 1.54) is 34.4 Å². The van der Waals surface area contributed by atoms with E-state index in [0.717, 1.165) is 51.9 Å². The van der Waals surface area contributed by atoms with E-state index in [-0.39, 0.29) is 29.1 Å². The van der Waals surface area contributed by atoms with Gasteiger partial charge in [0.25, 0.3) is 0 Å². The van der Waals surface area contributed by atoms with E-state index < -0.39 is 0 Å². The number of anilines is 1. The Morgan fingerprint density at radius 3 is 2.82 bits per heavy atom. The molecule has 2 unspecified atom stereocenters. The lowest BCUT2D eigenvalue weighted by atomic mass is 9.76. The number of likely N-dealkylation sites (tertiary alicyclic amines) is 1. The average Bonchev–Trinajstić information content (AvgIpc) is 3.42. The zero-order valence-electron chi connectivity index (χ0n) is 20.4. The summed E-state index contributed by atoms with van der Waals surface area (Å²) < 4.78 is 13.8. The average molecular weight is 462 g/mol. The number of hydrogen-bond donors (Lipinski definition) is 1. The lowest BCUT2D eigenvalue weighted by Crippen LogP contribution is -2.40. The highest BCUT2D eigenvalue weighted by Gasteiger charge is 2.40. The highest BCUT2D eigenvalue weighted by molar-refractivity contribution is 6.00. The van der Waals surface area contributed by atoms with E-state index in [9.17, 15) is 9.18 Å². The molecule has 1 amide bonds. The van der Waals surface area contributed by atoms with Crippen LogP contribution in [0.2, 0.25) is 0 Å². The fraction of sp³-hybridized carbons (Fsp3) is 0.552. The molecule has 180 valence electrons. The van der Waals surface area contributed by atoms with Crippen LogP contribution in [-0.2, 0) is 23.1 Å². The molecule has 4 nitrogen and oxygen atoms in total. The minimum Gasteiger partial charge on any atom is -0.384 e. The van der Waals surface area contributed by atoms with Crippen molar-refractivity contribution >= 4 is 11.6 Å². The number of halogens is 1. The van der Waals surface area contributed by atoms with Crippen molar-refractivity contribution in [2.24, 2.45) is 11.8 Å². The first-order valence-corrected chi connectivity index (χ1v) is 13.1. The molecule has 5 aliphatic rings. The summed E-state index contributed by atoms with van der Waals surface area (Å²) in [5, 5.41) is 3.44. The first kappa shape index (κ1) is 22.1. The summed E-state index contributed by atoms with van der Waals surface area (Å²) in [5.41, 5.74) is 6.71. The van der Waals surface area contributed by atoms with Crippen LogP contribution in [0, 0.1) is 11.8 Å². The Morgan fingerprint density at radius 1 is 1.18 bits per heavy atom. The molecule has 1 aliphatic carbocycles. The Bertz CT molecular complexity index is 1090. The number of fused-ring (bicyclic) bond motifs is 1. The molecule has 34 heavy (non-hydrogen) atoms. The third-order valence-electron chi connectivity index (χ3n) is 8.76. The fourth-order valence-electron chi connectivity index (χ4n) is 6.88. The van der Waals surface area contributed by atoms with Gasteiger partial charge < -0.3 is 15.1 Å². The van der Waals surface area contributed by atoms with E-state index in [4.69, 9.17) is 0 Å². The lowest BCUT2D eigenvalue weighted by molar-refractivity contribution is -0.120. The van der Waals surface area contributed by atoms with Crippen molar-refractivity contribution in [1.29, 1.82) is 0 Å². The Kier molecular flexibility index (Phi) is 5.44. The number of amides is 1. The summed E-state index contributed by atoms with van der Waals surface area (Å²) in [5.74, 6) is 0.940. The summed E-state index contributed by atoms with van der Waals surface area (Å²) in [6.07, 6.45) is 13.7. The van der Waals surface area contributed by atoms with Crippen molar-refractivity contribution in [1.82, 2.24) is 10.2 Å². The van der Waals surface area contributed by atoms with Gasteiger partial charge in [-0.05, 0) is 98.3 Å². The van der Waals surface area contributed by atoms with E-state index >= 15 is 0 Å². The minimum absolute atomic E-state index is 0.0745. The molecule has 0 aromatic heterocycles. The molecule has 6 rings (SSSR count). The molecule has 1 aromatic rings. The number of rotatable bonds is 5. The Hall–Kier alpha value is -2.40. The second-order valence-electron chi connectivity index (χ2n) is 11.5. The van der Waals surface area contributed by atoms with Crippen LogP contribution in [0.15, 0.2) is 48.0 Å². The third kappa shape index (κ3) is 3.82. The zero-order chi connectivity index (χ0) is 23.4. The Morgan fingerprint density at radius 2 is 2.00 bits per heavy atom. The Balaban J connectivity index is 1.04. The van der Waals surface area contributed by atoms with Crippen LogP contribution in [0.1, 0.15) is 56.2 Å². The van der Waals surface area contributed by atoms with Gasteiger partial charge in [0.15, 0.2) is 0 Å². The molecule has 5 heteroatoms. The van der Waals surface area contributed by atoms with Crippen LogP contribution in [0.5, 0.6) is 0 Å². The predicted molar refractivity (Wildman–Crippen MR) is 134 cm³/mol. The monoisotopic (exact) mass is 461 g/mol. The maximum Gasteiger partial charge on any atom is 0.227 e. The molecule has 0 spiro atoms. The molecule has 4 heterocycles. The van der Waals surface area contributed by atoms with Gasteiger partial charge in [-0.15, -0.1) is 0 Å². The summed E-state index contributed by atoms with van der Waals surface area (Å²) in [7, 11) is 0. The number of piperidine rings is 1. The van der Waals surface area contributed by atoms with Gasteiger partial charge in [-0.2, -0.15) is 0 Å². The van der Waals surface area contributed by atoms with Gasteiger partial charge in [-0.1, -0.05) is 32.1 Å². The molecule has 2 atom stereocenters. The van der Waals surface area contributed by atoms with Crippen LogP contribution >= 0.6 is 0 Å². The molecule has 1 aromatic carbocycles. The van der Waals surface area contributed by atoms with Crippen LogP contribution in [-0.4, -0.2) is 43.0 Å². The maximum absolute atomic E-state index is 13.8. The topological polar surface area (TPSA) is 35.6 Å². The summed E-state index contributed by atoms with van der Waals surface area (Å²) in [4.78, 5) is 17.2. The van der Waals surface area contributed by atoms with Gasteiger partial charge in [-0.3, -0.25) is 4.79 Å². The molecular weight excluding hydrogens is 425 g/mol. The van der Waals surface area contributed by atoms with Crippen molar-refractivity contribution in [2.45, 2.75) is 63.8 Å². The maximum atomic E-state index is 13.8. The van der Waals surface area contributed by atoms with E-state index in [1.54, 1.807) is 12.2 Å². The number of nitrogens with one attached hydrogen (secondary N) is 1. The van der Waals surface area contributed by atoms with Gasteiger partial charge in [0.05, 0.1) is 11.7 Å². The van der Waals surface area contributed by atoms with Crippen LogP contribution < -0.4 is 10.2 Å². The van der Waals surface area contributed by atoms with Gasteiger partial charge >= 0.3 is 0 Å². The number of aryl methyl sites for hydroxylation is 1. The van der Waals surface area contributed by atoms with Crippen molar-refractivity contribution in [3.05, 3.63) is 64.7 Å². The van der Waals surface area contributed by atoms with Gasteiger partial charge in [0.2, 0.25) is 5.91 Å². The standard InChI is InChI=1S/C29H36FN3O/c1-29(2)17-27(34)33-13-9-21-14-19(15-25(29)28(21)33)4-3-10-32-11-7-20(8-12-32)24-18-31-26-6-5-22(30)16-23(24)26/h5-6,14-16,18,20,23,26,31H,3-4,7-13,17H2,1-2H3. The molecule has 1 fully saturated rings.